The summed E-state index contributed by atoms with van der Waals surface area (Å²) in [7, 11) is 0. The van der Waals surface area contributed by atoms with Gasteiger partial charge in [-0.1, -0.05) is 82.3 Å². The van der Waals surface area contributed by atoms with Crippen LogP contribution in [0, 0.1) is 31.6 Å². The standard InChI is InChI=1S/C52H53BN2S/c1-31-12-10-13-32(2)47(31)55-43-17-11-16-42-46(43)53(41-26-39-40(27-44(41)55)51(5,6)21-20-50(39,3)4)49-48(54(42)37-14-8-7-9-15-37)38-25-36(18-19-45(38)56-49)52-28-33-22-34(29-52)24-35(23-33)30-52/h7-19,25-27,33-35H,20-24,28-30H2,1-6H3/t33-,34+,35?,52?. The van der Waals surface area contributed by atoms with Crippen LogP contribution in [0.15, 0.2) is 97.1 Å². The van der Waals surface area contributed by atoms with E-state index in [4.69, 9.17) is 0 Å². The Kier molecular flexibility index (Phi) is 6.91. The van der Waals surface area contributed by atoms with Crippen LogP contribution in [0.1, 0.15) is 107 Å². The van der Waals surface area contributed by atoms with E-state index in [2.05, 4.69) is 160 Å². The van der Waals surface area contributed by atoms with Crippen molar-refractivity contribution in [1.29, 1.82) is 0 Å². The number of fused-ring (bicyclic) bond motifs is 7. The van der Waals surface area contributed by atoms with Crippen molar-refractivity contribution in [3.8, 4) is 0 Å². The van der Waals surface area contributed by atoms with Gasteiger partial charge in [-0.15, -0.1) is 11.3 Å². The molecule has 5 aliphatic carbocycles. The van der Waals surface area contributed by atoms with Gasteiger partial charge in [0.25, 0.3) is 6.71 Å². The van der Waals surface area contributed by atoms with E-state index >= 15 is 0 Å². The number of rotatable bonds is 3. The van der Waals surface area contributed by atoms with E-state index in [0.29, 0.717) is 5.41 Å². The molecule has 4 bridgehead atoms. The normalized spacial score (nSPS) is 25.9. The third-order valence-electron chi connectivity index (χ3n) is 15.9. The van der Waals surface area contributed by atoms with Crippen LogP contribution in [0.2, 0.25) is 0 Å². The van der Waals surface area contributed by atoms with Crippen LogP contribution in [0.5, 0.6) is 0 Å². The maximum Gasteiger partial charge on any atom is 0.264 e. The zero-order valence-electron chi connectivity index (χ0n) is 34.0. The van der Waals surface area contributed by atoms with Crippen molar-refractivity contribution in [3.05, 3.63) is 125 Å². The highest BCUT2D eigenvalue weighted by molar-refractivity contribution is 7.33. The van der Waals surface area contributed by atoms with Gasteiger partial charge in [0.05, 0.1) is 11.4 Å². The molecule has 13 rings (SSSR count). The lowest BCUT2D eigenvalue weighted by molar-refractivity contribution is -0.00512. The summed E-state index contributed by atoms with van der Waals surface area (Å²) >= 11 is 2.07. The van der Waals surface area contributed by atoms with Crippen molar-refractivity contribution in [2.24, 2.45) is 17.8 Å². The molecule has 0 amide bonds. The van der Waals surface area contributed by atoms with Crippen molar-refractivity contribution in [2.45, 2.75) is 109 Å². The predicted octanol–water partition coefficient (Wildman–Crippen LogP) is 12.4. The van der Waals surface area contributed by atoms with E-state index in [1.54, 1.807) is 11.1 Å². The second-order valence-electron chi connectivity index (χ2n) is 20.3. The molecular weight excluding hydrogens is 695 g/mol. The SMILES string of the molecule is Cc1cccc(C)c1N1c2cc3c(cc2B2c4sc5ccc(C67CC8C[C@H](C6)C[C@@H](C8)C7)cc5c4N(c4ccccc4)c4cccc1c42)C(C)(C)CCC3(C)C. The Balaban J connectivity index is 1.17. The highest BCUT2D eigenvalue weighted by Crippen LogP contribution is 2.61. The molecule has 0 saturated heterocycles. The molecule has 280 valence electrons. The predicted molar refractivity (Wildman–Crippen MR) is 240 cm³/mol. The quantitative estimate of drug-likeness (QED) is 0.166. The van der Waals surface area contributed by atoms with Gasteiger partial charge in [0.15, 0.2) is 0 Å². The van der Waals surface area contributed by atoms with Crippen LogP contribution in [-0.4, -0.2) is 6.71 Å². The smallest absolute Gasteiger partial charge is 0.264 e. The Morgan fingerprint density at radius 1 is 0.607 bits per heavy atom. The van der Waals surface area contributed by atoms with Crippen LogP contribution >= 0.6 is 11.3 Å². The molecule has 0 N–H and O–H groups in total. The number of thiophene rings is 1. The first-order valence-electron chi connectivity index (χ1n) is 21.6. The molecule has 6 aromatic rings. The van der Waals surface area contributed by atoms with Gasteiger partial charge in [0.1, 0.15) is 0 Å². The van der Waals surface area contributed by atoms with Gasteiger partial charge in [-0.2, -0.15) is 0 Å². The fourth-order valence-electron chi connectivity index (χ4n) is 13.5. The third kappa shape index (κ3) is 4.57. The van der Waals surface area contributed by atoms with Crippen LogP contribution in [-0.2, 0) is 16.2 Å². The summed E-state index contributed by atoms with van der Waals surface area (Å²) in [6.45, 7) is 14.7. The highest BCUT2D eigenvalue weighted by Gasteiger charge is 2.52. The Bertz CT molecular complexity index is 2570. The maximum absolute atomic E-state index is 2.70. The minimum absolute atomic E-state index is 0.113. The molecule has 56 heavy (non-hydrogen) atoms. The van der Waals surface area contributed by atoms with Gasteiger partial charge in [-0.3, -0.25) is 0 Å². The molecule has 1 aromatic heterocycles. The molecule has 4 saturated carbocycles. The summed E-state index contributed by atoms with van der Waals surface area (Å²) in [5, 5.41) is 1.45. The first-order chi connectivity index (χ1) is 27.0. The molecule has 0 spiro atoms. The van der Waals surface area contributed by atoms with Crippen molar-refractivity contribution in [3.63, 3.8) is 0 Å². The summed E-state index contributed by atoms with van der Waals surface area (Å²) in [6.07, 6.45) is 11.0. The van der Waals surface area contributed by atoms with E-state index in [9.17, 15) is 0 Å². The van der Waals surface area contributed by atoms with Gasteiger partial charge < -0.3 is 9.80 Å². The zero-order chi connectivity index (χ0) is 37.9. The highest BCUT2D eigenvalue weighted by atomic mass is 32.1. The monoisotopic (exact) mass is 748 g/mol. The lowest BCUT2D eigenvalue weighted by Crippen LogP contribution is -2.61. The molecule has 4 fully saturated rings. The minimum Gasteiger partial charge on any atom is -0.311 e. The van der Waals surface area contributed by atoms with E-state index in [1.807, 2.05) is 0 Å². The number of benzene rings is 5. The number of hydrogen-bond acceptors (Lipinski definition) is 3. The summed E-state index contributed by atoms with van der Waals surface area (Å²) in [5.74, 6) is 2.79. The first-order valence-corrected chi connectivity index (χ1v) is 22.4. The minimum atomic E-state index is 0.113. The van der Waals surface area contributed by atoms with Crippen molar-refractivity contribution in [2.75, 3.05) is 9.80 Å². The molecular formula is C52H53BN2S. The van der Waals surface area contributed by atoms with Gasteiger partial charge in [-0.05, 0) is 180 Å². The molecule has 0 unspecified atom stereocenters. The Labute approximate surface area is 338 Å². The number of aryl methyl sites for hydroxylation is 2. The van der Waals surface area contributed by atoms with Gasteiger partial charge >= 0.3 is 0 Å². The number of para-hydroxylation sites is 2. The Morgan fingerprint density at radius 2 is 1.21 bits per heavy atom. The number of hydrogen-bond donors (Lipinski definition) is 0. The number of anilines is 6. The summed E-state index contributed by atoms with van der Waals surface area (Å²) in [6, 6.07) is 38.4. The van der Waals surface area contributed by atoms with Crippen molar-refractivity contribution < 1.29 is 0 Å². The van der Waals surface area contributed by atoms with Crippen LogP contribution in [0.4, 0.5) is 34.1 Å². The maximum atomic E-state index is 2.70. The van der Waals surface area contributed by atoms with Crippen LogP contribution in [0.3, 0.4) is 0 Å². The number of nitrogens with zero attached hydrogens (tertiary/aromatic N) is 2. The fraction of sp³-hybridized carbons (Fsp3) is 0.385. The zero-order valence-corrected chi connectivity index (χ0v) is 34.8. The summed E-state index contributed by atoms with van der Waals surface area (Å²) < 4.78 is 2.93. The fourth-order valence-corrected chi connectivity index (χ4v) is 14.8. The average molecular weight is 749 g/mol. The Hall–Kier alpha value is -4.28. The molecule has 3 heterocycles. The molecule has 7 aliphatic rings. The molecule has 2 nitrogen and oxygen atoms in total. The summed E-state index contributed by atoms with van der Waals surface area (Å²) in [5.41, 5.74) is 18.8. The average Bonchev–Trinajstić information content (AvgIpc) is 3.55. The first kappa shape index (κ1) is 33.8. The molecule has 5 aromatic carbocycles. The molecule has 0 radical (unpaired) electrons. The van der Waals surface area contributed by atoms with E-state index in [0.717, 1.165) is 17.8 Å². The topological polar surface area (TPSA) is 6.48 Å². The summed E-state index contributed by atoms with van der Waals surface area (Å²) in [4.78, 5) is 5.33. The lowest BCUT2D eigenvalue weighted by Gasteiger charge is -2.57. The molecule has 4 heteroatoms. The van der Waals surface area contributed by atoms with E-state index in [1.165, 1.54) is 128 Å². The molecule has 2 aliphatic heterocycles. The third-order valence-corrected chi connectivity index (χ3v) is 17.1. The molecule has 0 atom stereocenters. The second kappa shape index (κ2) is 11.4. The van der Waals surface area contributed by atoms with Gasteiger partial charge in [0.2, 0.25) is 0 Å². The Morgan fingerprint density at radius 3 is 1.88 bits per heavy atom. The van der Waals surface area contributed by atoms with Crippen LogP contribution in [0.25, 0.3) is 10.1 Å². The van der Waals surface area contributed by atoms with Crippen molar-refractivity contribution in [1.82, 2.24) is 0 Å². The van der Waals surface area contributed by atoms with E-state index < -0.39 is 0 Å². The van der Waals surface area contributed by atoms with Crippen molar-refractivity contribution >= 4 is 78.0 Å². The van der Waals surface area contributed by atoms with Crippen LogP contribution < -0.4 is 25.5 Å². The van der Waals surface area contributed by atoms with Gasteiger partial charge in [-0.25, -0.2) is 0 Å². The second-order valence-corrected chi connectivity index (χ2v) is 21.4. The largest absolute Gasteiger partial charge is 0.311 e. The van der Waals surface area contributed by atoms with E-state index in [-0.39, 0.29) is 17.5 Å². The lowest BCUT2D eigenvalue weighted by atomic mass is 9.35. The van der Waals surface area contributed by atoms with Gasteiger partial charge in [0, 0.05) is 37.6 Å².